The first-order valence-corrected chi connectivity index (χ1v) is 5.45. The van der Waals surface area contributed by atoms with Crippen LogP contribution in [0.4, 0.5) is 5.69 Å². The summed E-state index contributed by atoms with van der Waals surface area (Å²) in [6.07, 6.45) is 2.61. The van der Waals surface area contributed by atoms with Crippen molar-refractivity contribution < 1.29 is 12.9 Å². The zero-order valence-electron chi connectivity index (χ0n) is 7.47. The molecule has 1 atom stereocenters. The lowest BCUT2D eigenvalue weighted by molar-refractivity contribution is 0.420. The molecule has 1 N–H and O–H groups in total. The first kappa shape index (κ1) is 10.5. The number of aromatic nitrogens is 1. The van der Waals surface area contributed by atoms with E-state index in [2.05, 4.69) is 14.4 Å². The first-order valence-electron chi connectivity index (χ1n) is 3.90. The van der Waals surface area contributed by atoms with Crippen LogP contribution in [0.25, 0.3) is 0 Å². The highest BCUT2D eigenvalue weighted by molar-refractivity contribution is 7.93. The van der Waals surface area contributed by atoms with Gasteiger partial charge < -0.3 is 4.52 Å². The van der Waals surface area contributed by atoms with Gasteiger partial charge >= 0.3 is 0 Å². The fourth-order valence-electron chi connectivity index (χ4n) is 0.871. The van der Waals surface area contributed by atoms with Crippen LogP contribution in [0.15, 0.2) is 17.0 Å². The van der Waals surface area contributed by atoms with Crippen molar-refractivity contribution in [1.29, 1.82) is 5.26 Å². The zero-order valence-corrected chi connectivity index (χ0v) is 8.28. The van der Waals surface area contributed by atoms with Gasteiger partial charge in [0.1, 0.15) is 12.0 Å². The molecule has 7 heteroatoms. The zero-order chi connectivity index (χ0) is 10.6. The van der Waals surface area contributed by atoms with Crippen molar-refractivity contribution in [1.82, 2.24) is 5.16 Å². The Kier molecular flexibility index (Phi) is 3.09. The number of nitriles is 1. The highest BCUT2D eigenvalue weighted by atomic mass is 32.2. The normalized spacial score (nSPS) is 13.1. The smallest absolute Gasteiger partial charge is 0.249 e. The van der Waals surface area contributed by atoms with Crippen LogP contribution in [0.2, 0.25) is 0 Å². The van der Waals surface area contributed by atoms with Crippen molar-refractivity contribution in [2.24, 2.45) is 0 Å². The quantitative estimate of drug-likeness (QED) is 0.798. The number of sulfonamides is 1. The first-order chi connectivity index (χ1) is 6.60. The van der Waals surface area contributed by atoms with Gasteiger partial charge in [-0.1, -0.05) is 12.1 Å². The van der Waals surface area contributed by atoms with Crippen molar-refractivity contribution in [2.45, 2.75) is 18.6 Å². The molecule has 1 aromatic rings. The van der Waals surface area contributed by atoms with Crippen LogP contribution >= 0.6 is 0 Å². The Morgan fingerprint density at radius 1 is 1.79 bits per heavy atom. The minimum atomic E-state index is -3.66. The molecule has 1 rings (SSSR count). The molecule has 0 fully saturated rings. The van der Waals surface area contributed by atoms with Gasteiger partial charge in [0.15, 0.2) is 5.25 Å². The molecule has 6 nitrogen and oxygen atoms in total. The summed E-state index contributed by atoms with van der Waals surface area (Å²) in [5.41, 5.74) is 0.221. The summed E-state index contributed by atoms with van der Waals surface area (Å²) in [7, 11) is -3.66. The average molecular weight is 215 g/mol. The van der Waals surface area contributed by atoms with E-state index in [1.807, 2.05) is 0 Å². The van der Waals surface area contributed by atoms with E-state index in [0.717, 1.165) is 6.26 Å². The molecule has 0 amide bonds. The van der Waals surface area contributed by atoms with Gasteiger partial charge in [-0.3, -0.25) is 4.72 Å². The van der Waals surface area contributed by atoms with Crippen molar-refractivity contribution >= 4 is 15.7 Å². The number of hydrogen-bond donors (Lipinski definition) is 1. The second-order valence-electron chi connectivity index (χ2n) is 2.59. The van der Waals surface area contributed by atoms with Crippen molar-refractivity contribution in [3.8, 4) is 6.07 Å². The Bertz CT molecular complexity index is 418. The van der Waals surface area contributed by atoms with Crippen LogP contribution in [-0.4, -0.2) is 18.8 Å². The van der Waals surface area contributed by atoms with Crippen molar-refractivity contribution in [3.63, 3.8) is 0 Å². The molecule has 0 bridgehead atoms. The largest absolute Gasteiger partial charge is 0.362 e. The molecular formula is C7H9N3O3S. The molecular weight excluding hydrogens is 206 g/mol. The number of nitrogens with one attached hydrogen (secondary N) is 1. The molecule has 0 saturated carbocycles. The maximum absolute atomic E-state index is 11.5. The standard InChI is InChI=1S/C7H9N3O3S/c1-2-7(3-8)14(11,12)10-6-4-9-13-5-6/h4-5,7,10H,2H2,1H3. The third-order valence-corrected chi connectivity index (χ3v) is 3.29. The highest BCUT2D eigenvalue weighted by Crippen LogP contribution is 2.11. The van der Waals surface area contributed by atoms with Gasteiger partial charge in [-0.05, 0) is 6.42 Å². The second-order valence-corrected chi connectivity index (χ2v) is 4.45. The molecule has 1 unspecified atom stereocenters. The van der Waals surface area contributed by atoms with E-state index in [9.17, 15) is 8.42 Å². The predicted octanol–water partition coefficient (Wildman–Crippen LogP) is 0.718. The van der Waals surface area contributed by atoms with Gasteiger partial charge in [-0.2, -0.15) is 5.26 Å². The topological polar surface area (TPSA) is 96.0 Å². The van der Waals surface area contributed by atoms with Gasteiger partial charge in [0.2, 0.25) is 10.0 Å². The molecule has 1 heterocycles. The van der Waals surface area contributed by atoms with Crippen LogP contribution in [0, 0.1) is 11.3 Å². The molecule has 0 aliphatic heterocycles. The predicted molar refractivity (Wildman–Crippen MR) is 48.7 cm³/mol. The van der Waals surface area contributed by atoms with E-state index in [4.69, 9.17) is 5.26 Å². The monoisotopic (exact) mass is 215 g/mol. The van der Waals surface area contributed by atoms with E-state index in [1.165, 1.54) is 6.20 Å². The van der Waals surface area contributed by atoms with E-state index in [1.54, 1.807) is 13.0 Å². The number of hydrogen-bond acceptors (Lipinski definition) is 5. The van der Waals surface area contributed by atoms with Gasteiger partial charge in [0.05, 0.1) is 12.3 Å². The third kappa shape index (κ3) is 2.23. The van der Waals surface area contributed by atoms with Gasteiger partial charge in [-0.25, -0.2) is 8.42 Å². The molecule has 0 saturated heterocycles. The van der Waals surface area contributed by atoms with Crippen LogP contribution in [0.1, 0.15) is 13.3 Å². The van der Waals surface area contributed by atoms with E-state index < -0.39 is 15.3 Å². The Labute approximate surface area is 81.6 Å². The highest BCUT2D eigenvalue weighted by Gasteiger charge is 2.23. The summed E-state index contributed by atoms with van der Waals surface area (Å²) in [6, 6.07) is 1.70. The molecule has 0 aliphatic carbocycles. The summed E-state index contributed by atoms with van der Waals surface area (Å²) in [5.74, 6) is 0. The van der Waals surface area contributed by atoms with Crippen LogP contribution in [-0.2, 0) is 10.0 Å². The Hall–Kier alpha value is -1.55. The number of nitrogens with zero attached hydrogens (tertiary/aromatic N) is 2. The SMILES string of the molecule is CCC(C#N)S(=O)(=O)Nc1cnoc1. The van der Waals surface area contributed by atoms with Gasteiger partial charge in [0, 0.05) is 0 Å². The average Bonchev–Trinajstić information content (AvgIpc) is 2.57. The van der Waals surface area contributed by atoms with E-state index in [-0.39, 0.29) is 12.1 Å². The lowest BCUT2D eigenvalue weighted by Gasteiger charge is -2.08. The number of rotatable bonds is 4. The van der Waals surface area contributed by atoms with Gasteiger partial charge in [-0.15, -0.1) is 0 Å². The van der Waals surface area contributed by atoms with Gasteiger partial charge in [0.25, 0.3) is 0 Å². The lowest BCUT2D eigenvalue weighted by atomic mass is 10.4. The minimum Gasteiger partial charge on any atom is -0.362 e. The van der Waals surface area contributed by atoms with Crippen molar-refractivity contribution in [3.05, 3.63) is 12.5 Å². The molecule has 0 spiro atoms. The summed E-state index contributed by atoms with van der Waals surface area (Å²) < 4.78 is 29.6. The fourth-order valence-corrected chi connectivity index (χ4v) is 2.02. The fraction of sp³-hybridized carbons (Fsp3) is 0.429. The second kappa shape index (κ2) is 4.11. The molecule has 0 radical (unpaired) electrons. The van der Waals surface area contributed by atoms with Crippen LogP contribution in [0.5, 0.6) is 0 Å². The van der Waals surface area contributed by atoms with E-state index in [0.29, 0.717) is 0 Å². The maximum atomic E-state index is 11.5. The molecule has 1 aromatic heterocycles. The van der Waals surface area contributed by atoms with Crippen LogP contribution in [0.3, 0.4) is 0 Å². The molecule has 76 valence electrons. The Morgan fingerprint density at radius 2 is 2.50 bits per heavy atom. The third-order valence-electron chi connectivity index (χ3n) is 1.58. The molecule has 0 aromatic carbocycles. The maximum Gasteiger partial charge on any atom is 0.249 e. The summed E-state index contributed by atoms with van der Waals surface area (Å²) in [4.78, 5) is 0. The Morgan fingerprint density at radius 3 is 2.93 bits per heavy atom. The van der Waals surface area contributed by atoms with Crippen molar-refractivity contribution in [2.75, 3.05) is 4.72 Å². The summed E-state index contributed by atoms with van der Waals surface area (Å²) in [5, 5.41) is 10.9. The minimum absolute atomic E-state index is 0.221. The summed E-state index contributed by atoms with van der Waals surface area (Å²) in [6.45, 7) is 1.63. The van der Waals surface area contributed by atoms with E-state index >= 15 is 0 Å². The Balaban J connectivity index is 2.83. The van der Waals surface area contributed by atoms with Crippen LogP contribution < -0.4 is 4.72 Å². The lowest BCUT2D eigenvalue weighted by Crippen LogP contribution is -2.25. The summed E-state index contributed by atoms with van der Waals surface area (Å²) >= 11 is 0. The molecule has 14 heavy (non-hydrogen) atoms. The number of anilines is 1. The molecule has 0 aliphatic rings.